The van der Waals surface area contributed by atoms with Crippen LogP contribution in [0.2, 0.25) is 5.02 Å². The highest BCUT2D eigenvalue weighted by Gasteiger charge is 2.34. The Morgan fingerprint density at radius 3 is 2.74 bits per heavy atom. The molecular formula is C18H17ClFNO2. The smallest absolute Gasteiger partial charge is 0.228 e. The Labute approximate surface area is 139 Å². The van der Waals surface area contributed by atoms with Gasteiger partial charge in [0.1, 0.15) is 5.82 Å². The molecule has 2 unspecified atom stereocenters. The van der Waals surface area contributed by atoms with Crippen LogP contribution in [0.4, 0.5) is 4.39 Å². The monoisotopic (exact) mass is 333 g/mol. The van der Waals surface area contributed by atoms with Gasteiger partial charge in [0.25, 0.3) is 0 Å². The molecule has 0 spiro atoms. The highest BCUT2D eigenvalue weighted by molar-refractivity contribution is 6.31. The molecule has 0 heterocycles. The molecule has 23 heavy (non-hydrogen) atoms. The predicted molar refractivity (Wildman–Crippen MR) is 87.0 cm³/mol. The van der Waals surface area contributed by atoms with E-state index >= 15 is 0 Å². The third-order valence-corrected chi connectivity index (χ3v) is 4.57. The van der Waals surface area contributed by atoms with Crippen molar-refractivity contribution in [3.8, 4) is 0 Å². The van der Waals surface area contributed by atoms with E-state index in [0.717, 1.165) is 16.7 Å². The van der Waals surface area contributed by atoms with E-state index in [1.54, 1.807) is 12.1 Å². The molecule has 3 rings (SSSR count). The van der Waals surface area contributed by atoms with Gasteiger partial charge >= 0.3 is 0 Å². The van der Waals surface area contributed by atoms with Crippen molar-refractivity contribution in [3.05, 3.63) is 70.0 Å². The normalized spacial score (nSPS) is 17.1. The third-order valence-electron chi connectivity index (χ3n) is 4.22. The first-order chi connectivity index (χ1) is 11.1. The zero-order valence-electron chi connectivity index (χ0n) is 12.4. The summed E-state index contributed by atoms with van der Waals surface area (Å²) in [6.45, 7) is -0.168. The number of aliphatic hydroxyl groups excluding tert-OH is 1. The molecule has 0 saturated heterocycles. The maximum Gasteiger partial charge on any atom is 0.228 e. The first-order valence-corrected chi connectivity index (χ1v) is 7.89. The maximum atomic E-state index is 12.9. The van der Waals surface area contributed by atoms with Crippen molar-refractivity contribution in [2.24, 2.45) is 0 Å². The fourth-order valence-electron chi connectivity index (χ4n) is 2.90. The van der Waals surface area contributed by atoms with Gasteiger partial charge in [-0.15, -0.1) is 0 Å². The van der Waals surface area contributed by atoms with Gasteiger partial charge < -0.3 is 10.4 Å². The summed E-state index contributed by atoms with van der Waals surface area (Å²) < 4.78 is 12.9. The van der Waals surface area contributed by atoms with Gasteiger partial charge in [-0.05, 0) is 47.7 Å². The average Bonchev–Trinajstić information content (AvgIpc) is 2.51. The minimum absolute atomic E-state index is 0.110. The Balaban J connectivity index is 1.63. The van der Waals surface area contributed by atoms with Crippen LogP contribution in [0.3, 0.4) is 0 Å². The van der Waals surface area contributed by atoms with Gasteiger partial charge in [-0.3, -0.25) is 4.79 Å². The number of fused-ring (bicyclic) bond motifs is 1. The van der Waals surface area contributed by atoms with Crippen molar-refractivity contribution in [3.63, 3.8) is 0 Å². The summed E-state index contributed by atoms with van der Waals surface area (Å²) in [5, 5.41) is 13.1. The SMILES string of the molecule is O=C(NC(CO)Cc1ccc(F)cc1)C1Cc2c(Cl)cccc21. The average molecular weight is 334 g/mol. The first kappa shape index (κ1) is 16.0. The lowest BCUT2D eigenvalue weighted by molar-refractivity contribution is -0.124. The number of carbonyl (C=O) groups excluding carboxylic acids is 1. The molecule has 0 saturated carbocycles. The Kier molecular flexibility index (Phi) is 4.64. The zero-order valence-corrected chi connectivity index (χ0v) is 13.2. The molecule has 0 bridgehead atoms. The minimum Gasteiger partial charge on any atom is -0.394 e. The highest BCUT2D eigenvalue weighted by atomic mass is 35.5. The van der Waals surface area contributed by atoms with Crippen molar-refractivity contribution in [2.45, 2.75) is 24.8 Å². The van der Waals surface area contributed by atoms with Gasteiger partial charge in [-0.25, -0.2) is 4.39 Å². The van der Waals surface area contributed by atoms with Crippen LogP contribution in [0.25, 0.3) is 0 Å². The summed E-state index contributed by atoms with van der Waals surface area (Å²) >= 11 is 6.09. The summed E-state index contributed by atoms with van der Waals surface area (Å²) in [6.07, 6.45) is 1.08. The standard InChI is InChI=1S/C18H17ClFNO2/c19-17-3-1-2-14-15(17)9-16(14)18(23)21-13(10-22)8-11-4-6-12(20)7-5-11/h1-7,13,16,22H,8-10H2,(H,21,23). The number of halogens is 2. The lowest BCUT2D eigenvalue weighted by atomic mass is 9.77. The van der Waals surface area contributed by atoms with E-state index < -0.39 is 6.04 Å². The first-order valence-electron chi connectivity index (χ1n) is 7.51. The van der Waals surface area contributed by atoms with Crippen LogP contribution < -0.4 is 5.32 Å². The van der Waals surface area contributed by atoms with E-state index in [9.17, 15) is 14.3 Å². The summed E-state index contributed by atoms with van der Waals surface area (Å²) in [5.74, 6) is -0.631. The number of carbonyl (C=O) groups is 1. The molecule has 2 atom stereocenters. The lowest BCUT2D eigenvalue weighted by Crippen LogP contribution is -2.44. The van der Waals surface area contributed by atoms with Gasteiger partial charge in [0.05, 0.1) is 18.6 Å². The molecule has 0 aliphatic heterocycles. The fraction of sp³-hybridized carbons (Fsp3) is 0.278. The second-order valence-electron chi connectivity index (χ2n) is 5.78. The second kappa shape index (κ2) is 6.69. The summed E-state index contributed by atoms with van der Waals surface area (Å²) in [7, 11) is 0. The van der Waals surface area contributed by atoms with Crippen LogP contribution in [0, 0.1) is 5.82 Å². The molecule has 3 nitrogen and oxygen atoms in total. The van der Waals surface area contributed by atoms with E-state index in [1.165, 1.54) is 12.1 Å². The lowest BCUT2D eigenvalue weighted by Gasteiger charge is -2.31. The molecule has 0 aromatic heterocycles. The van der Waals surface area contributed by atoms with Crippen LogP contribution in [0.5, 0.6) is 0 Å². The molecule has 2 aromatic carbocycles. The van der Waals surface area contributed by atoms with Gasteiger partial charge in [0.2, 0.25) is 5.91 Å². The van der Waals surface area contributed by atoms with Crippen molar-refractivity contribution in [2.75, 3.05) is 6.61 Å². The molecule has 1 amide bonds. The van der Waals surface area contributed by atoms with Crippen molar-refractivity contribution in [1.29, 1.82) is 0 Å². The van der Waals surface area contributed by atoms with Crippen molar-refractivity contribution < 1.29 is 14.3 Å². The number of aliphatic hydroxyl groups is 1. The number of nitrogens with one attached hydrogen (secondary N) is 1. The maximum absolute atomic E-state index is 12.9. The summed E-state index contributed by atoms with van der Waals surface area (Å²) in [4.78, 5) is 12.4. The molecular weight excluding hydrogens is 317 g/mol. The Morgan fingerprint density at radius 2 is 2.04 bits per heavy atom. The van der Waals surface area contributed by atoms with E-state index in [4.69, 9.17) is 11.6 Å². The van der Waals surface area contributed by atoms with Gasteiger partial charge in [-0.1, -0.05) is 35.9 Å². The Bertz CT molecular complexity index is 717. The van der Waals surface area contributed by atoms with Crippen LogP contribution in [0.1, 0.15) is 22.6 Å². The number of amides is 1. The Hall–Kier alpha value is -1.91. The molecule has 2 aromatic rings. The van der Waals surface area contributed by atoms with Gasteiger partial charge in [-0.2, -0.15) is 0 Å². The zero-order chi connectivity index (χ0) is 16.4. The number of benzene rings is 2. The largest absolute Gasteiger partial charge is 0.394 e. The van der Waals surface area contributed by atoms with Crippen molar-refractivity contribution in [1.82, 2.24) is 5.32 Å². The van der Waals surface area contributed by atoms with Gasteiger partial charge in [0, 0.05) is 5.02 Å². The second-order valence-corrected chi connectivity index (χ2v) is 6.19. The van der Waals surface area contributed by atoms with Gasteiger partial charge in [0.15, 0.2) is 0 Å². The van der Waals surface area contributed by atoms with Crippen LogP contribution in [0.15, 0.2) is 42.5 Å². The Morgan fingerprint density at radius 1 is 1.30 bits per heavy atom. The van der Waals surface area contributed by atoms with Crippen LogP contribution in [-0.2, 0) is 17.6 Å². The molecule has 120 valence electrons. The number of hydrogen-bond donors (Lipinski definition) is 2. The molecule has 1 aliphatic carbocycles. The van der Waals surface area contributed by atoms with Crippen LogP contribution >= 0.6 is 11.6 Å². The number of hydrogen-bond acceptors (Lipinski definition) is 2. The predicted octanol–water partition coefficient (Wildman–Crippen LogP) is 2.84. The van der Waals surface area contributed by atoms with Crippen LogP contribution in [-0.4, -0.2) is 23.7 Å². The summed E-state index contributed by atoms with van der Waals surface area (Å²) in [5.41, 5.74) is 2.84. The molecule has 5 heteroatoms. The summed E-state index contributed by atoms with van der Waals surface area (Å²) in [6, 6.07) is 11.2. The molecule has 1 aliphatic rings. The fourth-order valence-corrected chi connectivity index (χ4v) is 3.16. The van der Waals surface area contributed by atoms with E-state index in [0.29, 0.717) is 17.9 Å². The topological polar surface area (TPSA) is 49.3 Å². The molecule has 2 N–H and O–H groups in total. The van der Waals surface area contributed by atoms with Crippen molar-refractivity contribution >= 4 is 17.5 Å². The number of rotatable bonds is 5. The van der Waals surface area contributed by atoms with E-state index in [2.05, 4.69) is 5.32 Å². The quantitative estimate of drug-likeness (QED) is 0.884. The van der Waals surface area contributed by atoms with E-state index in [-0.39, 0.29) is 24.2 Å². The molecule has 0 fully saturated rings. The van der Waals surface area contributed by atoms with E-state index in [1.807, 2.05) is 18.2 Å². The molecule has 0 radical (unpaired) electrons. The minimum atomic E-state index is -0.392. The highest BCUT2D eigenvalue weighted by Crippen LogP contribution is 2.39. The third kappa shape index (κ3) is 3.38.